The number of rotatable bonds is 14. The number of ether oxygens (including phenoxy) is 4. The Hall–Kier alpha value is -3.51. The van der Waals surface area contributed by atoms with Crippen molar-refractivity contribution >= 4 is 35.5 Å². The number of nitrogens with zero attached hydrogens (tertiary/aromatic N) is 5. The lowest BCUT2D eigenvalue weighted by Gasteiger charge is -2.33. The number of amides is 1. The van der Waals surface area contributed by atoms with Crippen LogP contribution in [0.4, 0.5) is 15.3 Å². The fourth-order valence-electron chi connectivity index (χ4n) is 4.69. The van der Waals surface area contributed by atoms with E-state index in [9.17, 15) is 14.9 Å². The third kappa shape index (κ3) is 15.3. The number of benzene rings is 1. The van der Waals surface area contributed by atoms with Crippen molar-refractivity contribution in [1.82, 2.24) is 4.90 Å². The van der Waals surface area contributed by atoms with Crippen LogP contribution in [-0.4, -0.2) is 61.6 Å². The van der Waals surface area contributed by atoms with E-state index in [2.05, 4.69) is 11.2 Å². The van der Waals surface area contributed by atoms with E-state index in [1.807, 2.05) is 32.9 Å². The summed E-state index contributed by atoms with van der Waals surface area (Å²) in [5.41, 5.74) is 6.11. The number of aliphatic imine (C=N–C) groups is 1. The average molecular weight is 785 g/mol. The van der Waals surface area contributed by atoms with Gasteiger partial charge in [0.1, 0.15) is 11.4 Å². The molecule has 1 fully saturated rings. The molecule has 0 radical (unpaired) electrons. The number of aromatic nitrogens is 1. The Labute approximate surface area is 299 Å². The van der Waals surface area contributed by atoms with E-state index in [0.29, 0.717) is 49.3 Å². The molecule has 1 aliphatic heterocycles. The molecule has 1 saturated heterocycles. The number of nitriles is 1. The largest absolute Gasteiger partial charge is 1.00 e. The van der Waals surface area contributed by atoms with Gasteiger partial charge in [0.05, 0.1) is 18.9 Å². The summed E-state index contributed by atoms with van der Waals surface area (Å²) >= 11 is 5.88. The predicted octanol–water partition coefficient (Wildman–Crippen LogP) is 3.02. The summed E-state index contributed by atoms with van der Waals surface area (Å²) in [6, 6.07) is 10.7. The zero-order chi connectivity index (χ0) is 33.4. The maximum atomic E-state index is 12.2. The molecule has 47 heavy (non-hydrogen) atoms. The topological polar surface area (TPSA) is 144 Å². The number of unbranched alkanes of at least 4 members (excludes halogenated alkanes) is 3. The fraction of sp³-hybridized carbons (Fsp3) is 0.545. The van der Waals surface area contributed by atoms with Gasteiger partial charge in [0.15, 0.2) is 18.6 Å². The van der Waals surface area contributed by atoms with Crippen LogP contribution in [0.1, 0.15) is 65.7 Å². The Morgan fingerprint density at radius 1 is 1.04 bits per heavy atom. The summed E-state index contributed by atoms with van der Waals surface area (Å²) < 4.78 is 23.2. The Morgan fingerprint density at radius 2 is 1.70 bits per heavy atom. The SMILES string of the molecule is CC(C)(C)OC(=O)N1CCC(CCOC(=O)OC[n+]2ccc(N(C#N)C(N)=NCCCCCCOc3ccc(Cl)cc3)cc2)CC1.[I-]. The van der Waals surface area contributed by atoms with Gasteiger partial charge in [-0.15, -0.1) is 0 Å². The zero-order valence-corrected chi connectivity index (χ0v) is 30.3. The minimum Gasteiger partial charge on any atom is -1.00 e. The molecule has 2 heterocycles. The highest BCUT2D eigenvalue weighted by atomic mass is 127. The molecule has 14 heteroatoms. The molecule has 0 spiro atoms. The number of halogens is 2. The minimum atomic E-state index is -0.758. The van der Waals surface area contributed by atoms with E-state index in [1.165, 1.54) is 4.90 Å². The summed E-state index contributed by atoms with van der Waals surface area (Å²) in [5, 5.41) is 10.3. The summed E-state index contributed by atoms with van der Waals surface area (Å²) in [6.07, 6.45) is 10.4. The molecule has 12 nitrogen and oxygen atoms in total. The van der Waals surface area contributed by atoms with Gasteiger partial charge in [0.25, 0.3) is 6.73 Å². The molecule has 1 aromatic carbocycles. The number of hydrogen-bond donors (Lipinski definition) is 1. The first kappa shape index (κ1) is 39.7. The van der Waals surface area contributed by atoms with E-state index in [-0.39, 0.29) is 49.4 Å². The number of guanidine groups is 1. The van der Waals surface area contributed by atoms with Crippen molar-refractivity contribution in [2.75, 3.05) is 37.7 Å². The number of anilines is 1. The van der Waals surface area contributed by atoms with Gasteiger partial charge in [-0.1, -0.05) is 18.0 Å². The van der Waals surface area contributed by atoms with Gasteiger partial charge in [-0.25, -0.2) is 14.5 Å². The second-order valence-corrected chi connectivity index (χ2v) is 12.5. The van der Waals surface area contributed by atoms with Gasteiger partial charge >= 0.3 is 12.2 Å². The van der Waals surface area contributed by atoms with Crippen molar-refractivity contribution in [2.24, 2.45) is 16.6 Å². The molecule has 258 valence electrons. The third-order valence-electron chi connectivity index (χ3n) is 7.21. The normalized spacial score (nSPS) is 13.6. The molecule has 0 atom stereocenters. The van der Waals surface area contributed by atoms with Gasteiger partial charge in [-0.05, 0) is 89.5 Å². The molecule has 0 unspecified atom stereocenters. The highest BCUT2D eigenvalue weighted by molar-refractivity contribution is 6.30. The molecule has 1 aliphatic rings. The van der Waals surface area contributed by atoms with Crippen LogP contribution in [0.2, 0.25) is 5.02 Å². The number of nitrogens with two attached hydrogens (primary N) is 1. The van der Waals surface area contributed by atoms with Crippen molar-refractivity contribution in [3.63, 3.8) is 0 Å². The lowest BCUT2D eigenvalue weighted by Crippen LogP contribution is -3.00. The van der Waals surface area contributed by atoms with Crippen LogP contribution in [0.3, 0.4) is 0 Å². The van der Waals surface area contributed by atoms with Crippen LogP contribution < -0.4 is 43.9 Å². The Bertz CT molecular complexity index is 1310. The van der Waals surface area contributed by atoms with Crippen molar-refractivity contribution < 1.29 is 57.1 Å². The monoisotopic (exact) mass is 784 g/mol. The Kier molecular flexibility index (Phi) is 17.4. The minimum absolute atomic E-state index is 0. The molecular formula is C33H46ClIN6O6. The van der Waals surface area contributed by atoms with E-state index in [1.54, 1.807) is 46.1 Å². The lowest BCUT2D eigenvalue weighted by molar-refractivity contribution is -0.727. The average Bonchev–Trinajstić information content (AvgIpc) is 3.02. The van der Waals surface area contributed by atoms with Crippen LogP contribution in [0, 0.1) is 17.4 Å². The number of pyridine rings is 1. The van der Waals surface area contributed by atoms with Gasteiger partial charge in [0.2, 0.25) is 5.96 Å². The summed E-state index contributed by atoms with van der Waals surface area (Å²) in [4.78, 5) is 31.6. The van der Waals surface area contributed by atoms with E-state index < -0.39 is 11.8 Å². The van der Waals surface area contributed by atoms with Crippen LogP contribution in [0.5, 0.6) is 5.75 Å². The first-order chi connectivity index (χ1) is 22.0. The van der Waals surface area contributed by atoms with E-state index >= 15 is 0 Å². The molecule has 1 amide bonds. The van der Waals surface area contributed by atoms with E-state index in [0.717, 1.165) is 44.3 Å². The standard InChI is InChI=1S/C33H46ClN6O6.HI/c1-33(2,3)46-31(41)39-20-12-26(13-21-39)16-23-44-32(42)45-25-38-18-14-28(15-19-38)40(24-35)30(36)37-17-6-4-5-7-22-43-29-10-8-27(34)9-11-29;/h8-11,14-15,18-19,26H,4-7,12-13,16-17,20-23,25H2,1-3H3,(H2,36,37);1H/q+1;/p-1. The molecule has 1 aromatic heterocycles. The molecule has 0 aliphatic carbocycles. The summed E-state index contributed by atoms with van der Waals surface area (Å²) in [6.45, 7) is 8.15. The highest BCUT2D eigenvalue weighted by Gasteiger charge is 2.27. The number of carbonyl (C=O) groups is 2. The van der Waals surface area contributed by atoms with Crippen molar-refractivity contribution in [1.29, 1.82) is 5.26 Å². The van der Waals surface area contributed by atoms with Gasteiger partial charge in [-0.3, -0.25) is 4.99 Å². The van der Waals surface area contributed by atoms with Crippen LogP contribution in [0.15, 0.2) is 53.8 Å². The summed E-state index contributed by atoms with van der Waals surface area (Å²) in [5.74, 6) is 1.28. The lowest BCUT2D eigenvalue weighted by atomic mass is 9.94. The number of hydrogen-bond acceptors (Lipinski definition) is 8. The van der Waals surface area contributed by atoms with E-state index in [4.69, 9.17) is 36.3 Å². The van der Waals surface area contributed by atoms with Crippen LogP contribution in [0.25, 0.3) is 0 Å². The molecule has 2 N–H and O–H groups in total. The van der Waals surface area contributed by atoms with Gasteiger partial charge in [0, 0.05) is 36.8 Å². The predicted molar refractivity (Wildman–Crippen MR) is 174 cm³/mol. The first-order valence-corrected chi connectivity index (χ1v) is 16.1. The fourth-order valence-corrected chi connectivity index (χ4v) is 4.81. The number of carbonyl (C=O) groups excluding carboxylic acids is 2. The molecule has 0 bridgehead atoms. The van der Waals surface area contributed by atoms with Crippen molar-refractivity contribution in [3.8, 4) is 11.9 Å². The summed E-state index contributed by atoms with van der Waals surface area (Å²) in [7, 11) is 0. The second-order valence-electron chi connectivity index (χ2n) is 12.0. The van der Waals surface area contributed by atoms with Crippen molar-refractivity contribution in [2.45, 2.75) is 78.0 Å². The third-order valence-corrected chi connectivity index (χ3v) is 7.47. The molecule has 2 aromatic rings. The molecule has 3 rings (SSSR count). The van der Waals surface area contributed by atoms with Crippen LogP contribution >= 0.6 is 11.6 Å². The second kappa shape index (κ2) is 20.7. The van der Waals surface area contributed by atoms with Crippen LogP contribution in [-0.2, 0) is 20.9 Å². The number of likely N-dealkylation sites (tertiary alicyclic amines) is 1. The molecular weight excluding hydrogens is 739 g/mol. The Balaban J connectivity index is 0.00000768. The van der Waals surface area contributed by atoms with Gasteiger partial charge in [-0.2, -0.15) is 9.83 Å². The smallest absolute Gasteiger partial charge is 0.513 e. The first-order valence-electron chi connectivity index (χ1n) is 15.7. The van der Waals surface area contributed by atoms with Gasteiger partial charge < -0.3 is 53.6 Å². The highest BCUT2D eigenvalue weighted by Crippen LogP contribution is 2.22. The Morgan fingerprint density at radius 3 is 2.34 bits per heavy atom. The number of piperidine rings is 1. The maximum absolute atomic E-state index is 12.2. The molecule has 0 saturated carbocycles. The maximum Gasteiger partial charge on any atom is 0.513 e. The quantitative estimate of drug-likeness (QED) is 0.0447. The van der Waals surface area contributed by atoms with Crippen molar-refractivity contribution in [3.05, 3.63) is 53.8 Å². The zero-order valence-electron chi connectivity index (χ0n) is 27.4.